The number of carbonyl (C=O) groups is 1. The lowest BCUT2D eigenvalue weighted by Crippen LogP contribution is -2.25. The first-order chi connectivity index (χ1) is 8.63. The SMILES string of the molecule is Cc1ccc(-c2nc3c(s2)NC(=O)C(C)S3)cc1. The third kappa shape index (κ3) is 2.04. The van der Waals surface area contributed by atoms with Crippen molar-refractivity contribution < 1.29 is 4.79 Å². The third-order valence-corrected chi connectivity index (χ3v) is 5.02. The molecule has 2 heterocycles. The van der Waals surface area contributed by atoms with E-state index in [2.05, 4.69) is 41.5 Å². The second-order valence-electron chi connectivity index (χ2n) is 4.27. The minimum absolute atomic E-state index is 0.0617. The first-order valence-electron chi connectivity index (χ1n) is 5.69. The zero-order valence-electron chi connectivity index (χ0n) is 10.1. The van der Waals surface area contributed by atoms with Crippen molar-refractivity contribution in [1.29, 1.82) is 0 Å². The minimum atomic E-state index is -0.0644. The van der Waals surface area contributed by atoms with E-state index in [0.717, 1.165) is 20.6 Å². The van der Waals surface area contributed by atoms with Gasteiger partial charge in [0.2, 0.25) is 5.91 Å². The second-order valence-corrected chi connectivity index (χ2v) is 6.60. The van der Waals surface area contributed by atoms with Crippen LogP contribution in [0.3, 0.4) is 0 Å². The van der Waals surface area contributed by atoms with Crippen molar-refractivity contribution in [3.63, 3.8) is 0 Å². The molecule has 92 valence electrons. The van der Waals surface area contributed by atoms with Gasteiger partial charge in [-0.2, -0.15) is 0 Å². The van der Waals surface area contributed by atoms with E-state index in [1.54, 1.807) is 0 Å². The van der Waals surface area contributed by atoms with E-state index in [1.807, 2.05) is 6.92 Å². The Morgan fingerprint density at radius 1 is 1.28 bits per heavy atom. The maximum absolute atomic E-state index is 11.6. The van der Waals surface area contributed by atoms with Crippen LogP contribution in [0.2, 0.25) is 0 Å². The van der Waals surface area contributed by atoms with E-state index in [9.17, 15) is 4.79 Å². The number of hydrogen-bond acceptors (Lipinski definition) is 4. The number of aromatic nitrogens is 1. The van der Waals surface area contributed by atoms with Gasteiger partial charge in [0.05, 0.1) is 5.25 Å². The van der Waals surface area contributed by atoms with Gasteiger partial charge in [-0.25, -0.2) is 4.98 Å². The minimum Gasteiger partial charge on any atom is -0.314 e. The monoisotopic (exact) mass is 276 g/mol. The lowest BCUT2D eigenvalue weighted by atomic mass is 10.2. The summed E-state index contributed by atoms with van der Waals surface area (Å²) in [5.74, 6) is 0.0617. The third-order valence-electron chi connectivity index (χ3n) is 2.79. The fourth-order valence-corrected chi connectivity index (χ4v) is 3.72. The molecule has 5 heteroatoms. The summed E-state index contributed by atoms with van der Waals surface area (Å²) in [6.45, 7) is 3.96. The summed E-state index contributed by atoms with van der Waals surface area (Å²) < 4.78 is 0. The van der Waals surface area contributed by atoms with Gasteiger partial charge in [0.15, 0.2) is 0 Å². The molecule has 0 bridgehead atoms. The molecule has 1 atom stereocenters. The van der Waals surface area contributed by atoms with E-state index in [4.69, 9.17) is 0 Å². The molecule has 2 aromatic rings. The van der Waals surface area contributed by atoms with Gasteiger partial charge in [0.25, 0.3) is 0 Å². The molecular formula is C13H12N2OS2. The van der Waals surface area contributed by atoms with Crippen molar-refractivity contribution in [1.82, 2.24) is 4.98 Å². The van der Waals surface area contributed by atoms with Gasteiger partial charge in [0.1, 0.15) is 15.0 Å². The Balaban J connectivity index is 1.99. The predicted molar refractivity (Wildman–Crippen MR) is 76.2 cm³/mol. The van der Waals surface area contributed by atoms with Gasteiger partial charge in [-0.05, 0) is 13.8 Å². The van der Waals surface area contributed by atoms with Crippen LogP contribution in [-0.4, -0.2) is 16.1 Å². The van der Waals surface area contributed by atoms with Gasteiger partial charge in [-0.1, -0.05) is 52.9 Å². The number of aryl methyl sites for hydroxylation is 1. The molecular weight excluding hydrogens is 264 g/mol. The maximum Gasteiger partial charge on any atom is 0.238 e. The lowest BCUT2D eigenvalue weighted by molar-refractivity contribution is -0.115. The van der Waals surface area contributed by atoms with Crippen LogP contribution in [0.4, 0.5) is 5.00 Å². The number of fused-ring (bicyclic) bond motifs is 1. The van der Waals surface area contributed by atoms with E-state index in [0.29, 0.717) is 0 Å². The van der Waals surface area contributed by atoms with Crippen molar-refractivity contribution in [2.45, 2.75) is 24.1 Å². The van der Waals surface area contributed by atoms with Crippen molar-refractivity contribution >= 4 is 34.0 Å². The number of nitrogens with zero attached hydrogens (tertiary/aromatic N) is 1. The van der Waals surface area contributed by atoms with Gasteiger partial charge in [-0.3, -0.25) is 4.79 Å². The fraction of sp³-hybridized carbons (Fsp3) is 0.231. The summed E-state index contributed by atoms with van der Waals surface area (Å²) in [4.78, 5) is 16.2. The van der Waals surface area contributed by atoms with Crippen molar-refractivity contribution in [2.75, 3.05) is 5.32 Å². The topological polar surface area (TPSA) is 42.0 Å². The number of carbonyl (C=O) groups excluding carboxylic acids is 1. The van der Waals surface area contributed by atoms with Crippen LogP contribution in [-0.2, 0) is 4.79 Å². The number of anilines is 1. The molecule has 0 saturated heterocycles. The fourth-order valence-electron chi connectivity index (χ4n) is 1.72. The number of hydrogen-bond donors (Lipinski definition) is 1. The van der Waals surface area contributed by atoms with Crippen LogP contribution >= 0.6 is 23.1 Å². The Labute approximate surface area is 114 Å². The number of rotatable bonds is 1. The first kappa shape index (κ1) is 11.7. The number of benzene rings is 1. The number of amides is 1. The summed E-state index contributed by atoms with van der Waals surface area (Å²) in [6.07, 6.45) is 0. The Bertz CT molecular complexity index is 604. The highest BCUT2D eigenvalue weighted by molar-refractivity contribution is 8.01. The summed E-state index contributed by atoms with van der Waals surface area (Å²) in [5, 5.41) is 5.61. The summed E-state index contributed by atoms with van der Waals surface area (Å²) in [6, 6.07) is 8.28. The molecule has 0 aliphatic carbocycles. The van der Waals surface area contributed by atoms with E-state index < -0.39 is 0 Å². The molecule has 1 aromatic carbocycles. The summed E-state index contributed by atoms with van der Waals surface area (Å²) >= 11 is 3.06. The van der Waals surface area contributed by atoms with Crippen LogP contribution in [0.25, 0.3) is 10.6 Å². The molecule has 0 saturated carbocycles. The van der Waals surface area contributed by atoms with E-state index in [1.165, 1.54) is 28.7 Å². The number of thioether (sulfide) groups is 1. The molecule has 1 N–H and O–H groups in total. The average molecular weight is 276 g/mol. The molecule has 1 aliphatic rings. The molecule has 0 radical (unpaired) electrons. The normalized spacial score (nSPS) is 18.3. The number of thiazole rings is 1. The standard InChI is InChI=1S/C13H12N2OS2/c1-7-3-5-9(6-4-7)11-15-13-12(18-11)14-10(16)8(2)17-13/h3-6,8H,1-2H3,(H,14,16). The Hall–Kier alpha value is -1.33. The van der Waals surface area contributed by atoms with E-state index in [-0.39, 0.29) is 11.2 Å². The molecule has 1 unspecified atom stereocenters. The van der Waals surface area contributed by atoms with E-state index >= 15 is 0 Å². The van der Waals surface area contributed by atoms with Gasteiger partial charge in [-0.15, -0.1) is 0 Å². The summed E-state index contributed by atoms with van der Waals surface area (Å²) in [5.41, 5.74) is 2.33. The zero-order valence-corrected chi connectivity index (χ0v) is 11.7. The van der Waals surface area contributed by atoms with Crippen LogP contribution < -0.4 is 5.32 Å². The van der Waals surface area contributed by atoms with Gasteiger partial charge < -0.3 is 5.32 Å². The molecule has 3 nitrogen and oxygen atoms in total. The highest BCUT2D eigenvalue weighted by atomic mass is 32.2. The molecule has 1 amide bonds. The quantitative estimate of drug-likeness (QED) is 0.866. The molecule has 1 aliphatic heterocycles. The highest BCUT2D eigenvalue weighted by Gasteiger charge is 2.26. The van der Waals surface area contributed by atoms with Crippen molar-refractivity contribution in [3.8, 4) is 10.6 Å². The van der Waals surface area contributed by atoms with Crippen molar-refractivity contribution in [2.24, 2.45) is 0 Å². The molecule has 0 fully saturated rings. The smallest absolute Gasteiger partial charge is 0.238 e. The summed E-state index contributed by atoms with van der Waals surface area (Å²) in [7, 11) is 0. The van der Waals surface area contributed by atoms with Crippen LogP contribution in [0.5, 0.6) is 0 Å². The Kier molecular flexibility index (Phi) is 2.87. The zero-order chi connectivity index (χ0) is 12.7. The Morgan fingerprint density at radius 3 is 2.72 bits per heavy atom. The van der Waals surface area contributed by atoms with Crippen LogP contribution in [0.15, 0.2) is 29.3 Å². The van der Waals surface area contributed by atoms with Crippen LogP contribution in [0, 0.1) is 6.92 Å². The van der Waals surface area contributed by atoms with Crippen LogP contribution in [0.1, 0.15) is 12.5 Å². The molecule has 18 heavy (non-hydrogen) atoms. The molecule has 3 rings (SSSR count). The second kappa shape index (κ2) is 4.40. The van der Waals surface area contributed by atoms with Gasteiger partial charge >= 0.3 is 0 Å². The van der Waals surface area contributed by atoms with Gasteiger partial charge in [0, 0.05) is 5.56 Å². The largest absolute Gasteiger partial charge is 0.314 e. The highest BCUT2D eigenvalue weighted by Crippen LogP contribution is 2.42. The Morgan fingerprint density at radius 2 is 2.00 bits per heavy atom. The van der Waals surface area contributed by atoms with Crippen molar-refractivity contribution in [3.05, 3.63) is 29.8 Å². The average Bonchev–Trinajstić information content (AvgIpc) is 2.73. The molecule has 0 spiro atoms. The lowest BCUT2D eigenvalue weighted by Gasteiger charge is -2.15. The predicted octanol–water partition coefficient (Wildman–Crippen LogP) is 3.55. The molecule has 1 aromatic heterocycles. The number of nitrogens with one attached hydrogen (secondary N) is 1. The maximum atomic E-state index is 11.6. The first-order valence-corrected chi connectivity index (χ1v) is 7.38.